The number of para-hydroxylation sites is 2. The van der Waals surface area contributed by atoms with Gasteiger partial charge in [-0.3, -0.25) is 4.57 Å². The molecule has 4 nitrogen and oxygen atoms in total. The number of rotatable bonds is 3. The highest BCUT2D eigenvalue weighted by molar-refractivity contribution is 6.31. The van der Waals surface area contributed by atoms with Crippen molar-refractivity contribution in [1.82, 2.24) is 18.9 Å². The third kappa shape index (κ3) is 3.60. The maximum absolute atomic E-state index is 5.68. The molecule has 240 valence electrons. The second-order valence-electron chi connectivity index (χ2n) is 13.7. The van der Waals surface area contributed by atoms with Crippen LogP contribution in [0.2, 0.25) is 0 Å². The summed E-state index contributed by atoms with van der Waals surface area (Å²) in [6.07, 6.45) is 0. The van der Waals surface area contributed by atoms with Crippen LogP contribution in [-0.4, -0.2) is 18.9 Å². The van der Waals surface area contributed by atoms with Crippen LogP contribution in [0.15, 0.2) is 170 Å². The highest BCUT2D eigenvalue weighted by atomic mass is 15.1. The molecule has 0 saturated carbocycles. The van der Waals surface area contributed by atoms with E-state index in [2.05, 4.69) is 179 Å². The largest absolute Gasteiger partial charge is 0.308 e. The number of aromatic nitrogens is 4. The van der Waals surface area contributed by atoms with E-state index >= 15 is 0 Å². The van der Waals surface area contributed by atoms with E-state index in [0.29, 0.717) is 0 Å². The fourth-order valence-electron chi connectivity index (χ4n) is 8.90. The van der Waals surface area contributed by atoms with Crippen molar-refractivity contribution in [3.05, 3.63) is 170 Å². The van der Waals surface area contributed by atoms with Crippen LogP contribution in [0, 0.1) is 0 Å². The summed E-state index contributed by atoms with van der Waals surface area (Å²) in [6, 6.07) is 60.9. The minimum atomic E-state index is 0.821. The van der Waals surface area contributed by atoms with E-state index in [0.717, 1.165) is 49.9 Å². The second-order valence-corrected chi connectivity index (χ2v) is 13.7. The summed E-state index contributed by atoms with van der Waals surface area (Å²) in [5.74, 6) is 0.821. The zero-order valence-corrected chi connectivity index (χ0v) is 28.0. The van der Waals surface area contributed by atoms with Crippen LogP contribution in [0.3, 0.4) is 0 Å². The van der Waals surface area contributed by atoms with Crippen molar-refractivity contribution < 1.29 is 0 Å². The standard InChI is InChI=1S/C48H28N4/c1-3-13-29(14-4-1)31-18-9-20-35-32(31)27-28-38-46(35)50-48(45(49-38)30-15-5-2-6-16-30)52-40-24-11-19-34-37-22-10-21-36-33-17-7-8-23-39(33)51(47(36)37)41-25-12-26-42(52)44(41)43(34)40/h1-28H. The van der Waals surface area contributed by atoms with Gasteiger partial charge in [-0.15, -0.1) is 0 Å². The van der Waals surface area contributed by atoms with Crippen LogP contribution in [-0.2, 0) is 0 Å². The minimum Gasteiger partial charge on any atom is -0.308 e. The lowest BCUT2D eigenvalue weighted by Crippen LogP contribution is -2.04. The van der Waals surface area contributed by atoms with Crippen molar-refractivity contribution in [1.29, 1.82) is 0 Å². The number of hydrogen-bond donors (Lipinski definition) is 0. The van der Waals surface area contributed by atoms with Gasteiger partial charge in [0.1, 0.15) is 5.69 Å². The van der Waals surface area contributed by atoms with Crippen molar-refractivity contribution in [2.45, 2.75) is 0 Å². The first-order valence-electron chi connectivity index (χ1n) is 17.8. The smallest absolute Gasteiger partial charge is 0.165 e. The molecule has 4 heteroatoms. The Bertz CT molecular complexity index is 3390. The average Bonchev–Trinajstić information content (AvgIpc) is 3.69. The summed E-state index contributed by atoms with van der Waals surface area (Å²) >= 11 is 0. The Morgan fingerprint density at radius 1 is 0.365 bits per heavy atom. The summed E-state index contributed by atoms with van der Waals surface area (Å²) < 4.78 is 4.85. The topological polar surface area (TPSA) is 35.1 Å². The molecule has 0 aliphatic heterocycles. The van der Waals surface area contributed by atoms with Gasteiger partial charge < -0.3 is 4.40 Å². The van der Waals surface area contributed by atoms with Crippen LogP contribution in [0.1, 0.15) is 0 Å². The molecule has 0 bridgehead atoms. The monoisotopic (exact) mass is 660 g/mol. The number of nitrogens with zero attached hydrogens (tertiary/aromatic N) is 4. The molecular weight excluding hydrogens is 633 g/mol. The van der Waals surface area contributed by atoms with Crippen LogP contribution in [0.5, 0.6) is 0 Å². The van der Waals surface area contributed by atoms with Gasteiger partial charge in [-0.05, 0) is 52.2 Å². The van der Waals surface area contributed by atoms with E-state index in [4.69, 9.17) is 9.97 Å². The zero-order chi connectivity index (χ0) is 33.9. The fraction of sp³-hybridized carbons (Fsp3) is 0. The van der Waals surface area contributed by atoms with Gasteiger partial charge in [0, 0.05) is 37.9 Å². The Morgan fingerprint density at radius 3 is 1.81 bits per heavy atom. The number of hydrogen-bond acceptors (Lipinski definition) is 2. The molecule has 4 heterocycles. The van der Waals surface area contributed by atoms with Gasteiger partial charge in [-0.1, -0.05) is 140 Å². The summed E-state index contributed by atoms with van der Waals surface area (Å²) in [5, 5.41) is 9.71. The van der Waals surface area contributed by atoms with Crippen LogP contribution < -0.4 is 0 Å². The van der Waals surface area contributed by atoms with Gasteiger partial charge in [-0.25, -0.2) is 9.97 Å². The Hall–Kier alpha value is -7.04. The van der Waals surface area contributed by atoms with E-state index in [1.54, 1.807) is 0 Å². The summed E-state index contributed by atoms with van der Waals surface area (Å²) in [4.78, 5) is 11.1. The molecule has 0 aliphatic carbocycles. The molecule has 0 atom stereocenters. The molecule has 0 saturated heterocycles. The van der Waals surface area contributed by atoms with E-state index in [9.17, 15) is 0 Å². The molecule has 0 aliphatic rings. The SMILES string of the molecule is c1ccc(-c2nc3ccc4c(-c5ccccc5)cccc4c3nc2-n2c3cccc4c5cccc6c7ccccc7n(c7cccc2c7c43)c56)cc1. The first kappa shape index (κ1) is 27.7. The van der Waals surface area contributed by atoms with Gasteiger partial charge in [0.25, 0.3) is 0 Å². The molecule has 0 N–H and O–H groups in total. The molecule has 0 fully saturated rings. The Kier molecular flexibility index (Phi) is 5.47. The van der Waals surface area contributed by atoms with Crippen LogP contribution >= 0.6 is 0 Å². The Balaban J connectivity index is 1.28. The fourth-order valence-corrected chi connectivity index (χ4v) is 8.90. The first-order chi connectivity index (χ1) is 25.8. The molecule has 12 rings (SSSR count). The maximum Gasteiger partial charge on any atom is 0.165 e. The van der Waals surface area contributed by atoms with E-state index in [1.165, 1.54) is 60.0 Å². The lowest BCUT2D eigenvalue weighted by atomic mass is 9.97. The summed E-state index contributed by atoms with van der Waals surface area (Å²) in [7, 11) is 0. The van der Waals surface area contributed by atoms with Gasteiger partial charge in [0.15, 0.2) is 5.82 Å². The third-order valence-electron chi connectivity index (χ3n) is 11.0. The molecular formula is C48H28N4. The average molecular weight is 661 g/mol. The molecule has 8 aromatic carbocycles. The predicted octanol–water partition coefficient (Wildman–Crippen LogP) is 12.4. The van der Waals surface area contributed by atoms with Gasteiger partial charge in [-0.2, -0.15) is 0 Å². The second kappa shape index (κ2) is 10.3. The highest BCUT2D eigenvalue weighted by Crippen LogP contribution is 2.45. The van der Waals surface area contributed by atoms with Crippen LogP contribution in [0.4, 0.5) is 0 Å². The highest BCUT2D eigenvalue weighted by Gasteiger charge is 2.24. The maximum atomic E-state index is 5.68. The van der Waals surface area contributed by atoms with Crippen LogP contribution in [0.25, 0.3) is 110 Å². The molecule has 0 radical (unpaired) electrons. The van der Waals surface area contributed by atoms with Gasteiger partial charge >= 0.3 is 0 Å². The minimum absolute atomic E-state index is 0.821. The number of benzene rings is 8. The third-order valence-corrected chi connectivity index (χ3v) is 11.0. The first-order valence-corrected chi connectivity index (χ1v) is 17.8. The quantitative estimate of drug-likeness (QED) is 0.177. The molecule has 52 heavy (non-hydrogen) atoms. The zero-order valence-electron chi connectivity index (χ0n) is 28.0. The van der Waals surface area contributed by atoms with Gasteiger partial charge in [0.2, 0.25) is 0 Å². The molecule has 4 aromatic heterocycles. The van der Waals surface area contributed by atoms with Crippen molar-refractivity contribution in [2.75, 3.05) is 0 Å². The Labute approximate surface area is 297 Å². The van der Waals surface area contributed by atoms with E-state index < -0.39 is 0 Å². The van der Waals surface area contributed by atoms with E-state index in [1.807, 2.05) is 0 Å². The van der Waals surface area contributed by atoms with Crippen molar-refractivity contribution in [2.24, 2.45) is 0 Å². The normalized spacial score (nSPS) is 12.2. The van der Waals surface area contributed by atoms with Crippen molar-refractivity contribution in [3.8, 4) is 28.2 Å². The van der Waals surface area contributed by atoms with Crippen molar-refractivity contribution in [3.63, 3.8) is 0 Å². The summed E-state index contributed by atoms with van der Waals surface area (Å²) in [6.45, 7) is 0. The molecule has 0 unspecified atom stereocenters. The number of fused-ring (bicyclic) bond motifs is 8. The lowest BCUT2D eigenvalue weighted by molar-refractivity contribution is 1.08. The molecule has 12 aromatic rings. The Morgan fingerprint density at radius 2 is 0.962 bits per heavy atom. The van der Waals surface area contributed by atoms with E-state index in [-0.39, 0.29) is 0 Å². The summed E-state index contributed by atoms with van der Waals surface area (Å²) in [5.41, 5.74) is 11.9. The van der Waals surface area contributed by atoms with Crippen molar-refractivity contribution >= 4 is 81.7 Å². The molecule has 0 amide bonds. The van der Waals surface area contributed by atoms with Gasteiger partial charge in [0.05, 0.1) is 38.6 Å². The predicted molar refractivity (Wildman–Crippen MR) is 217 cm³/mol. The lowest BCUT2D eigenvalue weighted by Gasteiger charge is -2.15. The molecule has 0 spiro atoms.